The van der Waals surface area contributed by atoms with Crippen molar-refractivity contribution in [2.45, 2.75) is 39.2 Å². The maximum absolute atomic E-state index is 16.4. The molecule has 1 fully saturated rings. The van der Waals surface area contributed by atoms with Crippen LogP contribution in [0.2, 0.25) is 0 Å². The Hall–Kier alpha value is -4.92. The number of fused-ring (bicyclic) bond motifs is 1. The smallest absolute Gasteiger partial charge is 0.255 e. The second-order valence-corrected chi connectivity index (χ2v) is 10.7. The summed E-state index contributed by atoms with van der Waals surface area (Å²) >= 11 is 0. The van der Waals surface area contributed by atoms with E-state index in [-0.39, 0.29) is 33.8 Å². The van der Waals surface area contributed by atoms with Crippen LogP contribution in [0.5, 0.6) is 0 Å². The summed E-state index contributed by atoms with van der Waals surface area (Å²) in [6.45, 7) is 5.61. The fourth-order valence-electron chi connectivity index (χ4n) is 5.32. The number of benzene rings is 3. The zero-order valence-electron chi connectivity index (χ0n) is 23.6. The van der Waals surface area contributed by atoms with E-state index in [0.717, 1.165) is 29.8 Å². The highest BCUT2D eigenvalue weighted by Gasteiger charge is 2.48. The second kappa shape index (κ2) is 10.2. The van der Waals surface area contributed by atoms with E-state index in [2.05, 4.69) is 20.6 Å². The van der Waals surface area contributed by atoms with Gasteiger partial charge in [0.1, 0.15) is 28.5 Å². The summed E-state index contributed by atoms with van der Waals surface area (Å²) in [5.74, 6) is -1.24. The topological polar surface area (TPSA) is 97.1 Å². The first-order chi connectivity index (χ1) is 20.1. The van der Waals surface area contributed by atoms with Gasteiger partial charge in [0.15, 0.2) is 5.82 Å². The molecule has 2 amide bonds. The largest absolute Gasteiger partial charge is 0.455 e. The predicted molar refractivity (Wildman–Crippen MR) is 155 cm³/mol. The molecule has 9 heteroatoms. The number of carbonyl (C=O) groups excluding carboxylic acids is 2. The van der Waals surface area contributed by atoms with Gasteiger partial charge >= 0.3 is 0 Å². The van der Waals surface area contributed by atoms with Gasteiger partial charge in [-0.25, -0.2) is 18.7 Å². The van der Waals surface area contributed by atoms with Gasteiger partial charge in [-0.1, -0.05) is 6.07 Å². The third-order valence-corrected chi connectivity index (χ3v) is 7.66. The number of nitrogens with one attached hydrogen (secondary N) is 2. The van der Waals surface area contributed by atoms with Crippen LogP contribution in [0.4, 0.5) is 8.78 Å². The SMILES string of the molecule is CNC(=O)c1c(-c2ccc(F)cc2)oc2ccc(-c3cc(C(=O)NC4(c5nc(C)cc(C)n5)CC4)ccc3C)c(F)c12. The van der Waals surface area contributed by atoms with Crippen molar-refractivity contribution in [3.05, 3.63) is 106 Å². The van der Waals surface area contributed by atoms with Gasteiger partial charge < -0.3 is 15.1 Å². The van der Waals surface area contributed by atoms with E-state index >= 15 is 4.39 Å². The first-order valence-electron chi connectivity index (χ1n) is 13.6. The zero-order valence-corrected chi connectivity index (χ0v) is 23.6. The van der Waals surface area contributed by atoms with Gasteiger partial charge in [0, 0.05) is 35.1 Å². The lowest BCUT2D eigenvalue weighted by Crippen LogP contribution is -2.36. The number of rotatable bonds is 6. The Morgan fingerprint density at radius 1 is 0.857 bits per heavy atom. The van der Waals surface area contributed by atoms with E-state index < -0.39 is 23.1 Å². The van der Waals surface area contributed by atoms with E-state index in [1.165, 1.54) is 31.3 Å². The third kappa shape index (κ3) is 4.70. The molecule has 1 aliphatic rings. The molecule has 212 valence electrons. The average molecular weight is 567 g/mol. The molecule has 2 heterocycles. The fraction of sp³-hybridized carbons (Fsp3) is 0.212. The minimum atomic E-state index is -0.661. The minimum absolute atomic E-state index is 0.00401. The van der Waals surface area contributed by atoms with Gasteiger partial charge in [0.2, 0.25) is 0 Å². The van der Waals surface area contributed by atoms with E-state index in [9.17, 15) is 14.0 Å². The molecule has 5 aromatic rings. The van der Waals surface area contributed by atoms with Crippen molar-refractivity contribution < 1.29 is 22.8 Å². The van der Waals surface area contributed by atoms with Crippen molar-refractivity contribution in [2.24, 2.45) is 0 Å². The maximum atomic E-state index is 16.4. The van der Waals surface area contributed by atoms with Crippen LogP contribution in [0, 0.1) is 32.4 Å². The molecule has 0 saturated heterocycles. The standard InChI is InChI=1S/C33H28F2N4O3/c1-17-5-6-21(30(40)39-33(13-14-33)32-37-18(2)15-19(3)38-32)16-24(17)23-11-12-25-26(28(23)35)27(31(41)36-4)29(42-25)20-7-9-22(34)10-8-20/h5-12,15-16H,13-14H2,1-4H3,(H,36,41)(H,39,40). The number of halogens is 2. The van der Waals surface area contributed by atoms with Crippen molar-refractivity contribution >= 4 is 22.8 Å². The monoisotopic (exact) mass is 566 g/mol. The Labute approximate surface area is 241 Å². The summed E-state index contributed by atoms with van der Waals surface area (Å²) in [6.07, 6.45) is 1.45. The Kier molecular flexibility index (Phi) is 6.60. The molecule has 1 aliphatic carbocycles. The molecule has 0 bridgehead atoms. The van der Waals surface area contributed by atoms with Crippen molar-refractivity contribution in [3.63, 3.8) is 0 Å². The molecule has 7 nitrogen and oxygen atoms in total. The Morgan fingerprint density at radius 2 is 1.55 bits per heavy atom. The lowest BCUT2D eigenvalue weighted by Gasteiger charge is -2.18. The molecule has 0 radical (unpaired) electrons. The second-order valence-electron chi connectivity index (χ2n) is 10.7. The number of carbonyl (C=O) groups is 2. The van der Waals surface area contributed by atoms with Crippen LogP contribution in [0.3, 0.4) is 0 Å². The van der Waals surface area contributed by atoms with Crippen LogP contribution in [0.1, 0.15) is 56.3 Å². The zero-order chi connectivity index (χ0) is 29.8. The van der Waals surface area contributed by atoms with Gasteiger partial charge in [-0.2, -0.15) is 0 Å². The summed E-state index contributed by atoms with van der Waals surface area (Å²) < 4.78 is 35.9. The number of nitrogens with zero attached hydrogens (tertiary/aromatic N) is 2. The normalized spacial score (nSPS) is 13.7. The van der Waals surface area contributed by atoms with Gasteiger partial charge in [0.25, 0.3) is 11.8 Å². The van der Waals surface area contributed by atoms with Gasteiger partial charge in [-0.05, 0) is 99.3 Å². The molecule has 0 aliphatic heterocycles. The van der Waals surface area contributed by atoms with Gasteiger partial charge in [-0.15, -0.1) is 0 Å². The predicted octanol–water partition coefficient (Wildman–Crippen LogP) is 6.54. The molecule has 42 heavy (non-hydrogen) atoms. The van der Waals surface area contributed by atoms with Crippen molar-refractivity contribution in [1.29, 1.82) is 0 Å². The number of amides is 2. The summed E-state index contributed by atoms with van der Waals surface area (Å²) in [6, 6.07) is 15.6. The maximum Gasteiger partial charge on any atom is 0.255 e. The highest BCUT2D eigenvalue weighted by Crippen LogP contribution is 2.44. The van der Waals surface area contributed by atoms with E-state index in [1.807, 2.05) is 26.8 Å². The molecule has 2 N–H and O–H groups in total. The van der Waals surface area contributed by atoms with Crippen LogP contribution < -0.4 is 10.6 Å². The highest BCUT2D eigenvalue weighted by atomic mass is 19.1. The Bertz CT molecular complexity index is 1870. The molecule has 1 saturated carbocycles. The highest BCUT2D eigenvalue weighted by molar-refractivity contribution is 6.12. The van der Waals surface area contributed by atoms with Crippen LogP contribution >= 0.6 is 0 Å². The number of furan rings is 1. The van der Waals surface area contributed by atoms with Crippen LogP contribution in [-0.4, -0.2) is 28.8 Å². The van der Waals surface area contributed by atoms with E-state index in [0.29, 0.717) is 22.5 Å². The van der Waals surface area contributed by atoms with Crippen molar-refractivity contribution in [3.8, 4) is 22.5 Å². The average Bonchev–Trinajstić information content (AvgIpc) is 3.64. The van der Waals surface area contributed by atoms with Crippen LogP contribution in [-0.2, 0) is 5.54 Å². The fourth-order valence-corrected chi connectivity index (χ4v) is 5.32. The lowest BCUT2D eigenvalue weighted by molar-refractivity contribution is 0.0926. The summed E-state index contributed by atoms with van der Waals surface area (Å²) in [5, 5.41) is 5.65. The van der Waals surface area contributed by atoms with Crippen LogP contribution in [0.15, 0.2) is 65.1 Å². The molecule has 6 rings (SSSR count). The van der Waals surface area contributed by atoms with Crippen LogP contribution in [0.25, 0.3) is 33.4 Å². The summed E-state index contributed by atoms with van der Waals surface area (Å²) in [7, 11) is 1.44. The molecule has 0 spiro atoms. The molecular weight excluding hydrogens is 538 g/mol. The first kappa shape index (κ1) is 27.3. The summed E-state index contributed by atoms with van der Waals surface area (Å²) in [5.41, 5.74) is 3.47. The van der Waals surface area contributed by atoms with Crippen molar-refractivity contribution in [2.75, 3.05) is 7.05 Å². The number of hydrogen-bond donors (Lipinski definition) is 2. The summed E-state index contributed by atoms with van der Waals surface area (Å²) in [4.78, 5) is 35.5. The van der Waals surface area contributed by atoms with Gasteiger partial charge in [-0.3, -0.25) is 9.59 Å². The van der Waals surface area contributed by atoms with Crippen molar-refractivity contribution in [1.82, 2.24) is 20.6 Å². The molecular formula is C33H28F2N4O3. The Morgan fingerprint density at radius 3 is 2.19 bits per heavy atom. The van der Waals surface area contributed by atoms with E-state index in [1.54, 1.807) is 30.3 Å². The van der Waals surface area contributed by atoms with Gasteiger partial charge in [0.05, 0.1) is 10.9 Å². The first-order valence-corrected chi connectivity index (χ1v) is 13.6. The minimum Gasteiger partial charge on any atom is -0.455 e. The van der Waals surface area contributed by atoms with E-state index in [4.69, 9.17) is 4.42 Å². The lowest BCUT2D eigenvalue weighted by atomic mass is 9.94. The number of aromatic nitrogens is 2. The molecule has 2 aromatic heterocycles. The Balaban J connectivity index is 1.41. The molecule has 0 unspecified atom stereocenters. The quantitative estimate of drug-likeness (QED) is 0.243. The number of hydrogen-bond acceptors (Lipinski definition) is 5. The number of aryl methyl sites for hydroxylation is 3. The molecule has 0 atom stereocenters. The third-order valence-electron chi connectivity index (χ3n) is 7.66. The molecule has 3 aromatic carbocycles.